The van der Waals surface area contributed by atoms with Crippen LogP contribution in [0.1, 0.15) is 41.5 Å². The van der Waals surface area contributed by atoms with Gasteiger partial charge in [-0.2, -0.15) is 0 Å². The van der Waals surface area contributed by atoms with Crippen LogP contribution in [0.2, 0.25) is 10.6 Å². The van der Waals surface area contributed by atoms with Crippen LogP contribution < -0.4 is 24.0 Å². The molecule has 0 heterocycles. The first-order valence-corrected chi connectivity index (χ1v) is 7.35. The van der Waals surface area contributed by atoms with Crippen molar-refractivity contribution in [3.63, 3.8) is 0 Å². The van der Waals surface area contributed by atoms with Gasteiger partial charge in [0.15, 0.2) is 0 Å². The Morgan fingerprint density at radius 2 is 1.36 bits per heavy atom. The molecule has 0 rings (SSSR count). The van der Waals surface area contributed by atoms with Crippen molar-refractivity contribution < 1.29 is 27.8 Å². The first kappa shape index (κ1) is 20.5. The standard InChI is InChI=1S/2C3H7O.2C2H5.Al.Li/c2*1-3(2)4;2*1-2;;/h2*3H,1-2H3;2*1H2,2H3;;/q2*-1;;;2*+1. The topological polar surface area (TPSA) is 32.3 Å². The second-order valence-electron chi connectivity index (χ2n) is 3.67. The summed E-state index contributed by atoms with van der Waals surface area (Å²) >= 11 is -0.750. The van der Waals surface area contributed by atoms with E-state index in [0.29, 0.717) is 6.10 Å². The van der Waals surface area contributed by atoms with Crippen molar-refractivity contribution in [2.24, 2.45) is 0 Å². The molecule has 0 saturated heterocycles. The van der Waals surface area contributed by atoms with E-state index in [1.807, 2.05) is 0 Å². The molecule has 0 aliphatic rings. The van der Waals surface area contributed by atoms with E-state index in [0.717, 1.165) is 0 Å². The van der Waals surface area contributed by atoms with Crippen molar-refractivity contribution in [1.82, 2.24) is 0 Å². The molecule has 0 saturated carbocycles. The Morgan fingerprint density at radius 1 is 1.07 bits per heavy atom. The van der Waals surface area contributed by atoms with Gasteiger partial charge in [0.1, 0.15) is 0 Å². The van der Waals surface area contributed by atoms with Gasteiger partial charge in [-0.15, -0.1) is 6.10 Å². The minimum atomic E-state index is -0.750. The molecule has 0 aromatic carbocycles. The fourth-order valence-electron chi connectivity index (χ4n) is 0.866. The van der Waals surface area contributed by atoms with Crippen LogP contribution in [0.5, 0.6) is 0 Å². The van der Waals surface area contributed by atoms with Gasteiger partial charge in [0.25, 0.3) is 0 Å². The van der Waals surface area contributed by atoms with Gasteiger partial charge in [0, 0.05) is 6.10 Å². The van der Waals surface area contributed by atoms with E-state index in [-0.39, 0.29) is 18.9 Å². The van der Waals surface area contributed by atoms with Gasteiger partial charge in [0.2, 0.25) is 0 Å². The summed E-state index contributed by atoms with van der Waals surface area (Å²) in [7, 11) is 0. The molecule has 80 valence electrons. The Bertz CT molecular complexity index is 93.4. The van der Waals surface area contributed by atoms with Gasteiger partial charge >= 0.3 is 33.3 Å². The molecule has 0 aromatic rings. The molecule has 0 aromatic heterocycles. The second kappa shape index (κ2) is 14.0. The van der Waals surface area contributed by atoms with Crippen LogP contribution in [0.3, 0.4) is 0 Å². The van der Waals surface area contributed by atoms with E-state index in [4.69, 9.17) is 3.79 Å². The summed E-state index contributed by atoms with van der Waals surface area (Å²) in [5.41, 5.74) is 0. The van der Waals surface area contributed by atoms with Crippen LogP contribution in [-0.4, -0.2) is 26.7 Å². The van der Waals surface area contributed by atoms with E-state index in [2.05, 4.69) is 27.7 Å². The van der Waals surface area contributed by atoms with Crippen LogP contribution in [0.4, 0.5) is 0 Å². The summed E-state index contributed by atoms with van der Waals surface area (Å²) in [6, 6.07) is 0. The Morgan fingerprint density at radius 3 is 1.43 bits per heavy atom. The first-order valence-electron chi connectivity index (χ1n) is 5.25. The van der Waals surface area contributed by atoms with Crippen molar-refractivity contribution in [2.45, 2.75) is 64.3 Å². The molecule has 0 N–H and O–H groups in total. The Balaban J connectivity index is -0.000000209. The van der Waals surface area contributed by atoms with E-state index in [1.165, 1.54) is 10.6 Å². The van der Waals surface area contributed by atoms with Crippen LogP contribution >= 0.6 is 0 Å². The Labute approximate surface area is 106 Å². The van der Waals surface area contributed by atoms with E-state index in [1.54, 1.807) is 13.8 Å². The molecule has 2 nitrogen and oxygen atoms in total. The fraction of sp³-hybridized carbons (Fsp3) is 1.00. The van der Waals surface area contributed by atoms with Gasteiger partial charge in [-0.1, -0.05) is 38.3 Å². The molecule has 0 aliphatic heterocycles. The molecular weight excluding hydrogens is 186 g/mol. The number of rotatable bonds is 4. The molecule has 0 bridgehead atoms. The maximum Gasteiger partial charge on any atom is 1.00 e. The molecule has 4 heteroatoms. The predicted molar refractivity (Wildman–Crippen MR) is 58.1 cm³/mol. The van der Waals surface area contributed by atoms with Crippen LogP contribution in [0.15, 0.2) is 0 Å². The zero-order valence-electron chi connectivity index (χ0n) is 11.0. The van der Waals surface area contributed by atoms with E-state index in [9.17, 15) is 5.11 Å². The summed E-state index contributed by atoms with van der Waals surface area (Å²) in [5.74, 6) is 0. The van der Waals surface area contributed by atoms with E-state index >= 15 is 0 Å². The summed E-state index contributed by atoms with van der Waals surface area (Å²) in [6.07, 6.45) is 0.0292. The molecule has 0 atom stereocenters. The van der Waals surface area contributed by atoms with Crippen molar-refractivity contribution >= 4 is 14.5 Å². The fourth-order valence-corrected chi connectivity index (χ4v) is 2.60. The van der Waals surface area contributed by atoms with Crippen molar-refractivity contribution in [1.29, 1.82) is 0 Å². The Hall–Kier alpha value is 1.05. The molecular formula is C10H24AlLiO2. The zero-order chi connectivity index (χ0) is 10.9. The van der Waals surface area contributed by atoms with Crippen LogP contribution in [0.25, 0.3) is 0 Å². The van der Waals surface area contributed by atoms with Gasteiger partial charge in [-0.05, 0) is 13.8 Å². The molecule has 0 spiro atoms. The smallest absolute Gasteiger partial charge is 0.852 e. The normalized spacial score (nSPS) is 9.21. The maximum absolute atomic E-state index is 9.53. The minimum absolute atomic E-state index is 0. The largest absolute Gasteiger partial charge is 1.00 e. The van der Waals surface area contributed by atoms with Gasteiger partial charge in [-0.3, -0.25) is 0 Å². The molecule has 0 radical (unpaired) electrons. The third-order valence-electron chi connectivity index (χ3n) is 1.38. The number of hydrogen-bond donors (Lipinski definition) is 0. The summed E-state index contributed by atoms with van der Waals surface area (Å²) < 4.78 is 5.69. The average Bonchev–Trinajstić information content (AvgIpc) is 1.98. The Kier molecular flexibility index (Phi) is 20.5. The van der Waals surface area contributed by atoms with Crippen molar-refractivity contribution in [2.75, 3.05) is 0 Å². The molecule has 0 aliphatic carbocycles. The van der Waals surface area contributed by atoms with Gasteiger partial charge in [0.05, 0.1) is 0 Å². The van der Waals surface area contributed by atoms with Gasteiger partial charge in [-0.25, -0.2) is 0 Å². The summed E-state index contributed by atoms with van der Waals surface area (Å²) in [5, 5.41) is 12.1. The molecule has 0 fully saturated rings. The van der Waals surface area contributed by atoms with Crippen molar-refractivity contribution in [3.8, 4) is 0 Å². The van der Waals surface area contributed by atoms with Crippen molar-refractivity contribution in [3.05, 3.63) is 0 Å². The van der Waals surface area contributed by atoms with E-state index < -0.39 is 20.6 Å². The summed E-state index contributed by atoms with van der Waals surface area (Å²) in [4.78, 5) is 0. The predicted octanol–water partition coefficient (Wildman–Crippen LogP) is -0.798. The monoisotopic (exact) mass is 210 g/mol. The summed E-state index contributed by atoms with van der Waals surface area (Å²) in [6.45, 7) is 11.9. The quantitative estimate of drug-likeness (QED) is 0.569. The maximum atomic E-state index is 9.53. The van der Waals surface area contributed by atoms with Crippen LogP contribution in [-0.2, 0) is 3.79 Å². The minimum Gasteiger partial charge on any atom is -0.852 e. The third kappa shape index (κ3) is 23.1. The van der Waals surface area contributed by atoms with Crippen LogP contribution in [0, 0.1) is 0 Å². The zero-order valence-corrected chi connectivity index (χ0v) is 12.1. The molecule has 0 unspecified atom stereocenters. The second-order valence-corrected chi connectivity index (χ2v) is 6.82. The average molecular weight is 210 g/mol. The molecule has 0 amide bonds. The third-order valence-corrected chi connectivity index (χ3v) is 4.13. The SMILES string of the molecule is CC(C)[O-].C[CH2][Al]([CH2]C)[O]C(C)C.[Li+]. The van der Waals surface area contributed by atoms with Gasteiger partial charge < -0.3 is 8.90 Å². The number of hydrogen-bond acceptors (Lipinski definition) is 2. The molecule has 14 heavy (non-hydrogen) atoms. The first-order chi connectivity index (χ1) is 5.93.